The average molecular weight is 380 g/mol. The highest BCUT2D eigenvalue weighted by Crippen LogP contribution is 2.37. The van der Waals surface area contributed by atoms with E-state index in [1.807, 2.05) is 0 Å². The molecule has 0 fully saturated rings. The van der Waals surface area contributed by atoms with Crippen LogP contribution in [-0.4, -0.2) is 37.6 Å². The molecule has 0 radical (unpaired) electrons. The lowest BCUT2D eigenvalue weighted by Gasteiger charge is -2.33. The number of pyridine rings is 1. The molecule has 27 heavy (non-hydrogen) atoms. The molecule has 144 valence electrons. The van der Waals surface area contributed by atoms with E-state index in [-0.39, 0.29) is 24.4 Å². The first kappa shape index (κ1) is 19.0. The number of hydrogen-bond donors (Lipinski definition) is 2. The fourth-order valence-electron chi connectivity index (χ4n) is 3.00. The molecule has 9 heteroatoms. The third-order valence-electron chi connectivity index (χ3n) is 4.32. The summed E-state index contributed by atoms with van der Waals surface area (Å²) >= 11 is 0. The Morgan fingerprint density at radius 2 is 2.07 bits per heavy atom. The summed E-state index contributed by atoms with van der Waals surface area (Å²) in [6, 6.07) is 5.56. The molecule has 1 aliphatic rings. The summed E-state index contributed by atoms with van der Waals surface area (Å²) in [5, 5.41) is 0. The predicted molar refractivity (Wildman–Crippen MR) is 94.5 cm³/mol. The predicted octanol–water partition coefficient (Wildman–Crippen LogP) is 2.25. The highest BCUT2D eigenvalue weighted by Gasteiger charge is 2.46. The van der Waals surface area contributed by atoms with Gasteiger partial charge in [-0.3, -0.25) is 9.98 Å². The van der Waals surface area contributed by atoms with Crippen molar-refractivity contribution in [3.05, 3.63) is 53.1 Å². The van der Waals surface area contributed by atoms with E-state index in [1.54, 1.807) is 6.07 Å². The number of ether oxygens (including phenoxy) is 2. The van der Waals surface area contributed by atoms with Crippen LogP contribution < -0.4 is 16.2 Å². The highest BCUT2D eigenvalue weighted by molar-refractivity contribution is 5.82. The number of rotatable bonds is 5. The molecule has 3 rings (SSSR count). The maximum Gasteiger partial charge on any atom is 0.269 e. The van der Waals surface area contributed by atoms with Gasteiger partial charge < -0.3 is 20.9 Å². The molecule has 2 heterocycles. The van der Waals surface area contributed by atoms with E-state index in [9.17, 15) is 13.2 Å². The quantitative estimate of drug-likeness (QED) is 0.830. The summed E-state index contributed by atoms with van der Waals surface area (Å²) in [5.74, 6) is -0.459. The minimum Gasteiger partial charge on any atom is -0.495 e. The van der Waals surface area contributed by atoms with Gasteiger partial charge in [0.25, 0.3) is 6.43 Å². The van der Waals surface area contributed by atoms with Gasteiger partial charge in [-0.15, -0.1) is 0 Å². The van der Waals surface area contributed by atoms with E-state index in [1.165, 1.54) is 25.4 Å². The number of nitrogen functional groups attached to an aromatic ring is 1. The molecule has 0 amide bonds. The molecule has 0 bridgehead atoms. The van der Waals surface area contributed by atoms with Crippen LogP contribution in [-0.2, 0) is 16.7 Å². The minimum absolute atomic E-state index is 0.0671. The van der Waals surface area contributed by atoms with Gasteiger partial charge in [-0.05, 0) is 17.7 Å². The van der Waals surface area contributed by atoms with Gasteiger partial charge in [-0.25, -0.2) is 13.2 Å². The van der Waals surface area contributed by atoms with E-state index in [0.29, 0.717) is 22.7 Å². The Morgan fingerprint density at radius 3 is 2.74 bits per heavy atom. The van der Waals surface area contributed by atoms with Crippen LogP contribution in [0.2, 0.25) is 0 Å². The second-order valence-corrected chi connectivity index (χ2v) is 6.23. The molecule has 1 atom stereocenters. The molecule has 6 nitrogen and oxygen atoms in total. The van der Waals surface area contributed by atoms with Gasteiger partial charge >= 0.3 is 0 Å². The molecule has 1 aromatic carbocycles. The molecule has 1 aliphatic heterocycles. The lowest BCUT2D eigenvalue weighted by atomic mass is 9.88. The number of alkyl halides is 2. The number of anilines is 1. The van der Waals surface area contributed by atoms with Gasteiger partial charge in [0, 0.05) is 18.1 Å². The molecule has 0 spiro atoms. The Labute approximate surface area is 154 Å². The topological polar surface area (TPSA) is 95.8 Å². The van der Waals surface area contributed by atoms with Crippen molar-refractivity contribution in [3.8, 4) is 5.75 Å². The van der Waals surface area contributed by atoms with Gasteiger partial charge in [0.1, 0.15) is 24.0 Å². The maximum atomic E-state index is 14.5. The van der Waals surface area contributed by atoms with E-state index in [2.05, 4.69) is 9.98 Å². The Balaban J connectivity index is 2.03. The van der Waals surface area contributed by atoms with E-state index >= 15 is 0 Å². The molecule has 4 N–H and O–H groups in total. The first-order valence-corrected chi connectivity index (χ1v) is 8.13. The zero-order valence-electron chi connectivity index (χ0n) is 14.6. The van der Waals surface area contributed by atoms with Crippen LogP contribution in [0.5, 0.6) is 5.75 Å². The van der Waals surface area contributed by atoms with Crippen molar-refractivity contribution >= 4 is 11.5 Å². The fourth-order valence-corrected chi connectivity index (χ4v) is 3.00. The third-order valence-corrected chi connectivity index (χ3v) is 4.32. The van der Waals surface area contributed by atoms with Gasteiger partial charge in [0.2, 0.25) is 0 Å². The number of nitrogens with zero attached hydrogens (tertiary/aromatic N) is 2. The van der Waals surface area contributed by atoms with Crippen LogP contribution in [0, 0.1) is 5.82 Å². The fraction of sp³-hybridized carbons (Fsp3) is 0.333. The van der Waals surface area contributed by atoms with Crippen molar-refractivity contribution in [1.29, 1.82) is 0 Å². The summed E-state index contributed by atoms with van der Waals surface area (Å²) in [6.45, 7) is -0.530. The summed E-state index contributed by atoms with van der Waals surface area (Å²) in [4.78, 5) is 8.07. The molecule has 0 saturated carbocycles. The summed E-state index contributed by atoms with van der Waals surface area (Å²) in [7, 11) is 1.47. The normalized spacial score (nSPS) is 19.8. The van der Waals surface area contributed by atoms with Gasteiger partial charge in [-0.2, -0.15) is 0 Å². The Morgan fingerprint density at radius 1 is 1.30 bits per heavy atom. The molecule has 0 saturated heterocycles. The molecule has 1 aromatic heterocycles. The zero-order chi connectivity index (χ0) is 19.6. The molecular weight excluding hydrogens is 361 g/mol. The van der Waals surface area contributed by atoms with Crippen LogP contribution >= 0.6 is 0 Å². The first-order valence-electron chi connectivity index (χ1n) is 8.13. The number of aromatic nitrogens is 1. The van der Waals surface area contributed by atoms with Crippen molar-refractivity contribution < 1.29 is 22.6 Å². The lowest BCUT2D eigenvalue weighted by Crippen LogP contribution is -2.45. The van der Waals surface area contributed by atoms with Gasteiger partial charge in [-0.1, -0.05) is 6.07 Å². The van der Waals surface area contributed by atoms with Crippen LogP contribution in [0.1, 0.15) is 16.8 Å². The molecule has 0 aliphatic carbocycles. The lowest BCUT2D eigenvalue weighted by molar-refractivity contribution is -0.0146. The first-order chi connectivity index (χ1) is 12.9. The van der Waals surface area contributed by atoms with Crippen molar-refractivity contribution in [3.63, 3.8) is 0 Å². The van der Waals surface area contributed by atoms with Crippen molar-refractivity contribution in [1.82, 2.24) is 4.98 Å². The largest absolute Gasteiger partial charge is 0.495 e. The van der Waals surface area contributed by atoms with Crippen molar-refractivity contribution in [2.45, 2.75) is 18.4 Å². The average Bonchev–Trinajstić information content (AvgIpc) is 2.64. The van der Waals surface area contributed by atoms with E-state index in [4.69, 9.17) is 20.9 Å². The zero-order valence-corrected chi connectivity index (χ0v) is 14.6. The Hall–Kier alpha value is -2.81. The number of methoxy groups -OCH3 is 1. The van der Waals surface area contributed by atoms with Gasteiger partial charge in [0.15, 0.2) is 5.54 Å². The van der Waals surface area contributed by atoms with Crippen LogP contribution in [0.3, 0.4) is 0 Å². The molecule has 0 unspecified atom stereocenters. The van der Waals surface area contributed by atoms with Crippen LogP contribution in [0.25, 0.3) is 0 Å². The SMILES string of the molecule is COc1cc(N)cnc1Cc1ccc(F)c([C@]2(C(F)F)COCC(N)=N2)c1. The van der Waals surface area contributed by atoms with E-state index in [0.717, 1.165) is 6.07 Å². The number of amidine groups is 1. The second kappa shape index (κ2) is 7.43. The summed E-state index contributed by atoms with van der Waals surface area (Å²) in [5.41, 5.74) is 10.3. The van der Waals surface area contributed by atoms with E-state index < -0.39 is 24.4 Å². The Bertz CT molecular complexity index is 876. The molecule has 2 aromatic rings. The number of nitrogens with two attached hydrogens (primary N) is 2. The number of halogens is 3. The maximum absolute atomic E-state index is 14.5. The number of aliphatic imine (C=N–C) groups is 1. The molecular formula is C18H19F3N4O2. The standard InChI is InChI=1S/C18H19F3N4O2/c1-26-15-6-11(22)7-24-14(15)5-10-2-3-13(19)12(4-10)18(17(20)21)9-27-8-16(23)25-18/h2-4,6-7,17H,5,8-9,22H2,1H3,(H2,23,25)/t18-/m0/s1. The van der Waals surface area contributed by atoms with Crippen molar-refractivity contribution in [2.75, 3.05) is 26.1 Å². The van der Waals surface area contributed by atoms with Crippen LogP contribution in [0.15, 0.2) is 35.5 Å². The van der Waals surface area contributed by atoms with Crippen molar-refractivity contribution in [2.24, 2.45) is 10.7 Å². The smallest absolute Gasteiger partial charge is 0.269 e. The van der Waals surface area contributed by atoms with Crippen LogP contribution in [0.4, 0.5) is 18.9 Å². The number of benzene rings is 1. The monoisotopic (exact) mass is 380 g/mol. The summed E-state index contributed by atoms with van der Waals surface area (Å²) < 4.78 is 52.6. The minimum atomic E-state index is -3.00. The third kappa shape index (κ3) is 3.68. The second-order valence-electron chi connectivity index (χ2n) is 6.23. The Kier molecular flexibility index (Phi) is 5.22. The van der Waals surface area contributed by atoms with Gasteiger partial charge in [0.05, 0.1) is 31.3 Å². The highest BCUT2D eigenvalue weighted by atomic mass is 19.3. The summed E-state index contributed by atoms with van der Waals surface area (Å²) in [6.07, 6.45) is -1.30. The number of hydrogen-bond acceptors (Lipinski definition) is 6.